The van der Waals surface area contributed by atoms with Crippen molar-refractivity contribution in [1.82, 2.24) is 26.6 Å². The lowest BCUT2D eigenvalue weighted by molar-refractivity contribution is -0.141. The number of amides is 5. The number of hydrogen-bond acceptors (Lipinski definition) is 7. The number of fused-ring (bicyclic) bond motifs is 1. The molecule has 0 aliphatic heterocycles. The number of benzene rings is 2. The average Bonchev–Trinajstić information content (AvgIpc) is 3.07. The molecule has 1 fully saturated rings. The van der Waals surface area contributed by atoms with Crippen molar-refractivity contribution in [2.24, 2.45) is 11.8 Å². The summed E-state index contributed by atoms with van der Waals surface area (Å²) >= 11 is 0. The maximum Gasteiger partial charge on any atom is 0.326 e. The van der Waals surface area contributed by atoms with Gasteiger partial charge in [0.1, 0.15) is 18.1 Å². The first-order valence-electron chi connectivity index (χ1n) is 16.9. The Bertz CT molecular complexity index is 1520. The third-order valence-corrected chi connectivity index (χ3v) is 8.82. The summed E-state index contributed by atoms with van der Waals surface area (Å²) in [7, 11) is 0. The topological polar surface area (TPSA) is 240 Å². The van der Waals surface area contributed by atoms with E-state index in [1.165, 1.54) is 6.92 Å². The van der Waals surface area contributed by atoms with Gasteiger partial charge in [-0.1, -0.05) is 42.5 Å². The van der Waals surface area contributed by atoms with Gasteiger partial charge in [0.15, 0.2) is 0 Å². The highest BCUT2D eigenvalue weighted by Crippen LogP contribution is 2.29. The fraction of sp³-hybridized carbons (Fsp3) is 0.514. The van der Waals surface area contributed by atoms with Crippen molar-refractivity contribution in [3.63, 3.8) is 0 Å². The zero-order chi connectivity index (χ0) is 36.6. The molecule has 0 aromatic heterocycles. The Balaban J connectivity index is 1.55. The fourth-order valence-electron chi connectivity index (χ4n) is 5.97. The molecule has 1 aliphatic rings. The highest BCUT2D eigenvalue weighted by Gasteiger charge is 2.30. The molecule has 0 spiro atoms. The minimum Gasteiger partial charge on any atom is -0.481 e. The van der Waals surface area contributed by atoms with Crippen molar-refractivity contribution in [2.45, 2.75) is 89.3 Å². The summed E-state index contributed by atoms with van der Waals surface area (Å²) in [5.74, 6) is -4.67. The van der Waals surface area contributed by atoms with E-state index in [1.807, 2.05) is 42.5 Å². The van der Waals surface area contributed by atoms with Gasteiger partial charge in [0.05, 0.1) is 0 Å². The quantitative estimate of drug-likeness (QED) is 0.0995. The first-order chi connectivity index (χ1) is 23.8. The van der Waals surface area contributed by atoms with Crippen LogP contribution < -0.4 is 26.6 Å². The Kier molecular flexibility index (Phi) is 15.5. The first-order valence-corrected chi connectivity index (χ1v) is 16.9. The summed E-state index contributed by atoms with van der Waals surface area (Å²) in [5.41, 5.74) is 0.866. The van der Waals surface area contributed by atoms with Crippen LogP contribution in [0.4, 0.5) is 4.79 Å². The van der Waals surface area contributed by atoms with E-state index in [0.29, 0.717) is 31.7 Å². The van der Waals surface area contributed by atoms with Crippen LogP contribution in [0.25, 0.3) is 10.8 Å². The number of nitrogens with one attached hydrogen (secondary N) is 5. The summed E-state index contributed by atoms with van der Waals surface area (Å²) in [4.78, 5) is 84.1. The predicted molar refractivity (Wildman–Crippen MR) is 182 cm³/mol. The Morgan fingerprint density at radius 2 is 1.38 bits per heavy atom. The number of carbonyl (C=O) groups excluding carboxylic acids is 4. The molecule has 50 heavy (non-hydrogen) atoms. The van der Waals surface area contributed by atoms with Crippen LogP contribution in [0.5, 0.6) is 0 Å². The highest BCUT2D eigenvalue weighted by molar-refractivity contribution is 5.89. The van der Waals surface area contributed by atoms with Crippen LogP contribution in [0.3, 0.4) is 0 Å². The van der Waals surface area contributed by atoms with Crippen molar-refractivity contribution < 1.29 is 48.9 Å². The third kappa shape index (κ3) is 13.4. The van der Waals surface area contributed by atoms with E-state index < -0.39 is 48.5 Å². The van der Waals surface area contributed by atoms with Crippen LogP contribution in [0.1, 0.15) is 70.3 Å². The van der Waals surface area contributed by atoms with Gasteiger partial charge in [0, 0.05) is 38.8 Å². The van der Waals surface area contributed by atoms with Crippen LogP contribution in [-0.4, -0.2) is 88.2 Å². The molecule has 2 aromatic carbocycles. The molecule has 15 nitrogen and oxygen atoms in total. The van der Waals surface area contributed by atoms with Gasteiger partial charge in [-0.05, 0) is 73.6 Å². The van der Waals surface area contributed by atoms with E-state index in [2.05, 4.69) is 26.6 Å². The number of rotatable bonds is 19. The van der Waals surface area contributed by atoms with Crippen molar-refractivity contribution in [3.8, 4) is 0 Å². The third-order valence-electron chi connectivity index (χ3n) is 8.82. The second-order valence-corrected chi connectivity index (χ2v) is 12.7. The van der Waals surface area contributed by atoms with E-state index >= 15 is 0 Å². The monoisotopic (exact) mass is 697 g/mol. The minimum absolute atomic E-state index is 0.0205. The zero-order valence-corrected chi connectivity index (χ0v) is 28.1. The van der Waals surface area contributed by atoms with Gasteiger partial charge in [-0.3, -0.25) is 19.2 Å². The SMILES string of the molecule is CC(=O)NCC1CCC(C(=O)N[C@@H](Cc2ccc3ccccc3c2)C(=O)NCCCCC(NC(=O)N[C@@H](CCC(=O)O)C(=O)O)C(=O)O)CC1. The molecule has 272 valence electrons. The predicted octanol–water partition coefficient (Wildman–Crippen LogP) is 2.17. The number of hydrogen-bond donors (Lipinski definition) is 8. The van der Waals surface area contributed by atoms with Gasteiger partial charge in [0.25, 0.3) is 0 Å². The highest BCUT2D eigenvalue weighted by atomic mass is 16.4. The van der Waals surface area contributed by atoms with Crippen LogP contribution >= 0.6 is 0 Å². The summed E-state index contributed by atoms with van der Waals surface area (Å²) in [6, 6.07) is 8.90. The fourth-order valence-corrected chi connectivity index (χ4v) is 5.97. The van der Waals surface area contributed by atoms with E-state index in [-0.39, 0.29) is 55.9 Å². The second kappa shape index (κ2) is 19.7. The minimum atomic E-state index is -1.51. The van der Waals surface area contributed by atoms with Crippen molar-refractivity contribution in [2.75, 3.05) is 13.1 Å². The zero-order valence-electron chi connectivity index (χ0n) is 28.1. The molecule has 2 aromatic rings. The maximum atomic E-state index is 13.4. The molecule has 5 amide bonds. The molecule has 0 bridgehead atoms. The molecule has 1 unspecified atom stereocenters. The van der Waals surface area contributed by atoms with Crippen molar-refractivity contribution in [1.29, 1.82) is 0 Å². The molecule has 3 rings (SSSR count). The number of unbranched alkanes of at least 4 members (excludes halogenated alkanes) is 1. The van der Waals surface area contributed by atoms with Gasteiger partial charge in [-0.2, -0.15) is 0 Å². The van der Waals surface area contributed by atoms with Crippen LogP contribution in [0, 0.1) is 11.8 Å². The number of carboxylic acids is 3. The normalized spacial score (nSPS) is 17.4. The summed E-state index contributed by atoms with van der Waals surface area (Å²) in [6.45, 7) is 2.22. The van der Waals surface area contributed by atoms with E-state index in [9.17, 15) is 43.8 Å². The molecule has 0 saturated heterocycles. The molecular formula is C35H47N5O10. The lowest BCUT2D eigenvalue weighted by Gasteiger charge is -2.29. The summed E-state index contributed by atoms with van der Waals surface area (Å²) in [6.07, 6.45) is 2.87. The molecule has 8 N–H and O–H groups in total. The van der Waals surface area contributed by atoms with E-state index in [0.717, 1.165) is 29.2 Å². The Labute approximate surface area is 289 Å². The van der Waals surface area contributed by atoms with Crippen LogP contribution in [0.15, 0.2) is 42.5 Å². The molecule has 3 atom stereocenters. The van der Waals surface area contributed by atoms with Gasteiger partial charge in [-0.15, -0.1) is 0 Å². The number of urea groups is 1. The van der Waals surface area contributed by atoms with Crippen molar-refractivity contribution >= 4 is 52.4 Å². The Hall–Kier alpha value is -5.21. The van der Waals surface area contributed by atoms with Crippen LogP contribution in [-0.2, 0) is 35.2 Å². The standard InChI is InChI=1S/C35H47N5O10/c1-21(41)37-20-22-9-13-25(14-10-22)31(44)38-29(19-23-11-12-24-6-2-3-7-26(24)18-23)32(45)36-17-5-4-8-27(33(46)47)39-35(50)40-28(34(48)49)15-16-30(42)43/h2-3,6-7,11-12,18,22,25,27-29H,4-5,8-10,13-17,19-20H2,1H3,(H,36,45)(H,37,41)(H,38,44)(H,42,43)(H,46,47)(H,48,49)(H2,39,40,50)/t22?,25?,27?,28-,29-/m0/s1. The molecule has 15 heteroatoms. The molecular weight excluding hydrogens is 650 g/mol. The molecule has 1 aliphatic carbocycles. The van der Waals surface area contributed by atoms with E-state index in [1.54, 1.807) is 0 Å². The number of carbonyl (C=O) groups is 7. The van der Waals surface area contributed by atoms with Crippen LogP contribution in [0.2, 0.25) is 0 Å². The number of carboxylic acid groups (broad SMARTS) is 3. The molecule has 0 heterocycles. The molecule has 1 saturated carbocycles. The smallest absolute Gasteiger partial charge is 0.326 e. The van der Waals surface area contributed by atoms with Gasteiger partial charge >= 0.3 is 23.9 Å². The van der Waals surface area contributed by atoms with Crippen molar-refractivity contribution in [3.05, 3.63) is 48.0 Å². The van der Waals surface area contributed by atoms with E-state index in [4.69, 9.17) is 5.11 Å². The first kappa shape index (κ1) is 39.2. The van der Waals surface area contributed by atoms with Gasteiger partial charge in [-0.25, -0.2) is 14.4 Å². The lowest BCUT2D eigenvalue weighted by atomic mass is 9.81. The maximum absolute atomic E-state index is 13.4. The summed E-state index contributed by atoms with van der Waals surface area (Å²) < 4.78 is 0. The number of aliphatic carboxylic acids is 3. The lowest BCUT2D eigenvalue weighted by Crippen LogP contribution is -2.51. The Morgan fingerprint density at radius 1 is 0.740 bits per heavy atom. The summed E-state index contributed by atoms with van der Waals surface area (Å²) in [5, 5.41) is 42.5. The average molecular weight is 698 g/mol. The molecule has 0 radical (unpaired) electrons. The van der Waals surface area contributed by atoms with Gasteiger partial charge in [0.2, 0.25) is 17.7 Å². The largest absolute Gasteiger partial charge is 0.481 e. The second-order valence-electron chi connectivity index (χ2n) is 12.7. The van der Waals surface area contributed by atoms with Gasteiger partial charge < -0.3 is 41.9 Å². The Morgan fingerprint density at radius 3 is 2.00 bits per heavy atom.